The summed E-state index contributed by atoms with van der Waals surface area (Å²) in [5.74, 6) is 0.953. The van der Waals surface area contributed by atoms with Crippen LogP contribution >= 0.6 is 0 Å². The first-order chi connectivity index (χ1) is 13.3. The maximum absolute atomic E-state index is 5.95. The minimum absolute atomic E-state index is 0.348. The number of aromatic nitrogens is 1. The first-order valence-electron chi connectivity index (χ1n) is 9.70. The van der Waals surface area contributed by atoms with Crippen LogP contribution in [0.4, 0.5) is 0 Å². The lowest BCUT2D eigenvalue weighted by Crippen LogP contribution is -2.46. The lowest BCUT2D eigenvalue weighted by Gasteiger charge is -2.34. The van der Waals surface area contributed by atoms with Crippen molar-refractivity contribution >= 4 is 16.9 Å². The van der Waals surface area contributed by atoms with E-state index in [4.69, 9.17) is 9.47 Å². The molecule has 6 heteroatoms. The van der Waals surface area contributed by atoms with Crippen LogP contribution in [0.15, 0.2) is 41.5 Å². The number of nitrogens with one attached hydrogen (secondary N) is 1. The summed E-state index contributed by atoms with van der Waals surface area (Å²) in [7, 11) is 3.58. The molecule has 1 aromatic heterocycles. The number of likely N-dealkylation sites (tertiary alicyclic amines) is 1. The number of hydrogen-bond donors (Lipinski definition) is 1. The lowest BCUT2D eigenvalue weighted by atomic mass is 10.1. The number of piperidine rings is 1. The highest BCUT2D eigenvalue weighted by atomic mass is 16.5. The quantitative estimate of drug-likeness (QED) is 0.461. The van der Waals surface area contributed by atoms with Crippen molar-refractivity contribution in [2.75, 3.05) is 40.5 Å². The molecule has 1 aliphatic rings. The SMILES string of the molecule is CN=C(NCc1ccnc2ccccc12)N1CCC(OCCCOC)CC1. The number of guanidine groups is 1. The van der Waals surface area contributed by atoms with Crippen molar-refractivity contribution in [3.63, 3.8) is 0 Å². The van der Waals surface area contributed by atoms with Gasteiger partial charge in [-0.25, -0.2) is 0 Å². The third-order valence-corrected chi connectivity index (χ3v) is 4.98. The summed E-state index contributed by atoms with van der Waals surface area (Å²) in [5, 5.41) is 4.70. The van der Waals surface area contributed by atoms with Gasteiger partial charge in [-0.1, -0.05) is 18.2 Å². The Kier molecular flexibility index (Phi) is 7.42. The van der Waals surface area contributed by atoms with Crippen molar-refractivity contribution < 1.29 is 9.47 Å². The second kappa shape index (κ2) is 10.2. The van der Waals surface area contributed by atoms with Gasteiger partial charge in [-0.05, 0) is 37.0 Å². The molecule has 1 N–H and O–H groups in total. The molecule has 0 aliphatic carbocycles. The van der Waals surface area contributed by atoms with E-state index in [2.05, 4.69) is 38.4 Å². The normalized spacial score (nSPS) is 16.1. The summed E-state index contributed by atoms with van der Waals surface area (Å²) in [5.41, 5.74) is 2.26. The van der Waals surface area contributed by atoms with Gasteiger partial charge in [-0.2, -0.15) is 0 Å². The molecule has 0 amide bonds. The zero-order valence-corrected chi connectivity index (χ0v) is 16.4. The second-order valence-corrected chi connectivity index (χ2v) is 6.79. The van der Waals surface area contributed by atoms with Crippen LogP contribution in [0, 0.1) is 0 Å². The first kappa shape index (κ1) is 19.6. The minimum atomic E-state index is 0.348. The highest BCUT2D eigenvalue weighted by Crippen LogP contribution is 2.17. The number of ether oxygens (including phenoxy) is 2. The van der Waals surface area contributed by atoms with Crippen molar-refractivity contribution in [2.24, 2.45) is 4.99 Å². The van der Waals surface area contributed by atoms with Crippen LogP contribution in [0.1, 0.15) is 24.8 Å². The van der Waals surface area contributed by atoms with Gasteiger partial charge in [-0.15, -0.1) is 0 Å². The molecule has 1 saturated heterocycles. The third kappa shape index (κ3) is 5.40. The van der Waals surface area contributed by atoms with Crippen molar-refractivity contribution in [3.05, 3.63) is 42.1 Å². The number of methoxy groups -OCH3 is 1. The van der Waals surface area contributed by atoms with Crippen molar-refractivity contribution in [3.8, 4) is 0 Å². The molecule has 2 aromatic rings. The van der Waals surface area contributed by atoms with Gasteiger partial charge < -0.3 is 19.7 Å². The van der Waals surface area contributed by atoms with E-state index in [1.165, 1.54) is 10.9 Å². The van der Waals surface area contributed by atoms with Crippen LogP contribution in [0.2, 0.25) is 0 Å². The molecular weight excluding hydrogens is 340 g/mol. The van der Waals surface area contributed by atoms with Gasteiger partial charge in [0.25, 0.3) is 0 Å². The van der Waals surface area contributed by atoms with Gasteiger partial charge in [0.1, 0.15) is 0 Å². The Bertz CT molecular complexity index is 737. The molecule has 0 unspecified atom stereocenters. The monoisotopic (exact) mass is 370 g/mol. The number of benzene rings is 1. The number of fused-ring (bicyclic) bond motifs is 1. The van der Waals surface area contributed by atoms with E-state index < -0.39 is 0 Å². The summed E-state index contributed by atoms with van der Waals surface area (Å²) >= 11 is 0. The number of nitrogens with zero attached hydrogens (tertiary/aromatic N) is 3. The Morgan fingerprint density at radius 2 is 2.04 bits per heavy atom. The number of para-hydroxylation sites is 1. The number of rotatable bonds is 7. The predicted molar refractivity (Wildman–Crippen MR) is 109 cm³/mol. The van der Waals surface area contributed by atoms with Gasteiger partial charge in [0.2, 0.25) is 0 Å². The van der Waals surface area contributed by atoms with Crippen LogP contribution < -0.4 is 5.32 Å². The molecule has 0 atom stereocenters. The van der Waals surface area contributed by atoms with Crippen molar-refractivity contribution in [2.45, 2.75) is 31.9 Å². The van der Waals surface area contributed by atoms with E-state index in [1.807, 2.05) is 25.4 Å². The topological polar surface area (TPSA) is 59.0 Å². The molecule has 1 fully saturated rings. The maximum Gasteiger partial charge on any atom is 0.193 e. The molecule has 0 radical (unpaired) electrons. The average Bonchev–Trinajstić information content (AvgIpc) is 2.73. The average molecular weight is 370 g/mol. The van der Waals surface area contributed by atoms with Gasteiger partial charge in [0, 0.05) is 58.6 Å². The first-order valence-corrected chi connectivity index (χ1v) is 9.70. The predicted octanol–water partition coefficient (Wildman–Crippen LogP) is 2.83. The molecule has 1 aliphatic heterocycles. The van der Waals surface area contributed by atoms with E-state index >= 15 is 0 Å². The van der Waals surface area contributed by atoms with E-state index in [0.717, 1.165) is 63.6 Å². The van der Waals surface area contributed by atoms with Crippen LogP contribution in [0.25, 0.3) is 10.9 Å². The van der Waals surface area contributed by atoms with Crippen LogP contribution in [0.5, 0.6) is 0 Å². The van der Waals surface area contributed by atoms with Crippen molar-refractivity contribution in [1.29, 1.82) is 0 Å². The number of pyridine rings is 1. The zero-order valence-electron chi connectivity index (χ0n) is 16.4. The Labute approximate surface area is 161 Å². The molecule has 27 heavy (non-hydrogen) atoms. The Morgan fingerprint density at radius 3 is 2.81 bits per heavy atom. The minimum Gasteiger partial charge on any atom is -0.385 e. The molecule has 0 saturated carbocycles. The Morgan fingerprint density at radius 1 is 1.22 bits per heavy atom. The largest absolute Gasteiger partial charge is 0.385 e. The highest BCUT2D eigenvalue weighted by Gasteiger charge is 2.21. The van der Waals surface area contributed by atoms with Gasteiger partial charge in [0.05, 0.1) is 11.6 Å². The molecule has 0 spiro atoms. The summed E-state index contributed by atoms with van der Waals surface area (Å²) in [6.07, 6.45) is 5.24. The van der Waals surface area contributed by atoms with E-state index in [1.54, 1.807) is 7.11 Å². The van der Waals surface area contributed by atoms with Gasteiger partial charge >= 0.3 is 0 Å². The standard InChI is InChI=1S/C21H30N4O2/c1-22-21(25-12-9-18(10-13-25)27-15-5-14-26-2)24-16-17-8-11-23-20-7-4-3-6-19(17)20/h3-4,6-8,11,18H,5,9-10,12-16H2,1-2H3,(H,22,24). The third-order valence-electron chi connectivity index (χ3n) is 4.98. The molecule has 6 nitrogen and oxygen atoms in total. The summed E-state index contributed by atoms with van der Waals surface area (Å²) in [6.45, 7) is 4.21. The van der Waals surface area contributed by atoms with E-state index in [-0.39, 0.29) is 0 Å². The van der Waals surface area contributed by atoms with Gasteiger partial charge in [-0.3, -0.25) is 9.98 Å². The second-order valence-electron chi connectivity index (χ2n) is 6.79. The Hall–Kier alpha value is -2.18. The summed E-state index contributed by atoms with van der Waals surface area (Å²) in [4.78, 5) is 11.2. The molecule has 146 valence electrons. The number of hydrogen-bond acceptors (Lipinski definition) is 4. The fourth-order valence-corrected chi connectivity index (χ4v) is 3.50. The van der Waals surface area contributed by atoms with Crippen LogP contribution in [0.3, 0.4) is 0 Å². The molecule has 2 heterocycles. The highest BCUT2D eigenvalue weighted by molar-refractivity contribution is 5.83. The smallest absolute Gasteiger partial charge is 0.193 e. The Balaban J connectivity index is 1.50. The summed E-state index contributed by atoms with van der Waals surface area (Å²) in [6, 6.07) is 10.3. The zero-order chi connectivity index (χ0) is 18.9. The van der Waals surface area contributed by atoms with Gasteiger partial charge in [0.15, 0.2) is 5.96 Å². The molecule has 1 aromatic carbocycles. The van der Waals surface area contributed by atoms with Crippen LogP contribution in [-0.4, -0.2) is 62.4 Å². The fourth-order valence-electron chi connectivity index (χ4n) is 3.50. The molecule has 3 rings (SSSR count). The lowest BCUT2D eigenvalue weighted by molar-refractivity contribution is 0.00990. The van der Waals surface area contributed by atoms with Crippen molar-refractivity contribution in [1.82, 2.24) is 15.2 Å². The van der Waals surface area contributed by atoms with Crippen LogP contribution in [-0.2, 0) is 16.0 Å². The van der Waals surface area contributed by atoms with E-state index in [0.29, 0.717) is 6.10 Å². The molecular formula is C21H30N4O2. The molecule has 0 bridgehead atoms. The fraction of sp³-hybridized carbons (Fsp3) is 0.524. The summed E-state index contributed by atoms with van der Waals surface area (Å²) < 4.78 is 11.0. The maximum atomic E-state index is 5.95. The van der Waals surface area contributed by atoms with E-state index in [9.17, 15) is 0 Å². The number of aliphatic imine (C=N–C) groups is 1.